The predicted molar refractivity (Wildman–Crippen MR) is 79.9 cm³/mol. The first-order valence-electron chi connectivity index (χ1n) is 6.69. The van der Waals surface area contributed by atoms with E-state index in [-0.39, 0.29) is 11.7 Å². The van der Waals surface area contributed by atoms with Gasteiger partial charge in [-0.2, -0.15) is 0 Å². The van der Waals surface area contributed by atoms with Gasteiger partial charge in [0.15, 0.2) is 0 Å². The van der Waals surface area contributed by atoms with Gasteiger partial charge in [0.1, 0.15) is 5.82 Å². The number of likely N-dealkylation sites (N-methyl/N-ethyl adjacent to an activating group) is 1. The van der Waals surface area contributed by atoms with Crippen molar-refractivity contribution in [2.24, 2.45) is 0 Å². The third-order valence-electron chi connectivity index (χ3n) is 3.44. The quantitative estimate of drug-likeness (QED) is 0.898. The van der Waals surface area contributed by atoms with E-state index in [9.17, 15) is 9.18 Å². The first kappa shape index (κ1) is 15.4. The second kappa shape index (κ2) is 7.15. The van der Waals surface area contributed by atoms with Gasteiger partial charge in [0, 0.05) is 32.7 Å². The second-order valence-electron chi connectivity index (χ2n) is 4.94. The number of piperazine rings is 1. The molecule has 1 aromatic carbocycles. The molecule has 2 rings (SSSR count). The third kappa shape index (κ3) is 4.01. The molecule has 1 saturated heterocycles. The van der Waals surface area contributed by atoms with Gasteiger partial charge in [-0.15, -0.1) is 0 Å². The summed E-state index contributed by atoms with van der Waals surface area (Å²) < 4.78 is 14.0. The van der Waals surface area contributed by atoms with E-state index < -0.39 is 0 Å². The molecule has 1 aromatic rings. The van der Waals surface area contributed by atoms with Crippen molar-refractivity contribution in [3.8, 4) is 0 Å². The van der Waals surface area contributed by atoms with Crippen molar-refractivity contribution >= 4 is 21.8 Å². The molecular weight excluding hydrogens is 325 g/mol. The third-order valence-corrected chi connectivity index (χ3v) is 4.09. The summed E-state index contributed by atoms with van der Waals surface area (Å²) in [4.78, 5) is 15.8. The Morgan fingerprint density at radius 3 is 2.65 bits per heavy atom. The van der Waals surface area contributed by atoms with Crippen LogP contribution in [0.2, 0.25) is 0 Å². The molecule has 0 radical (unpaired) electrons. The van der Waals surface area contributed by atoms with E-state index in [0.717, 1.165) is 38.3 Å². The second-order valence-corrected chi connectivity index (χ2v) is 5.79. The number of benzene rings is 1. The van der Waals surface area contributed by atoms with Gasteiger partial charge in [-0.05, 0) is 40.7 Å². The molecule has 1 amide bonds. The lowest BCUT2D eigenvalue weighted by Crippen LogP contribution is -2.50. The Labute approximate surface area is 127 Å². The molecule has 0 unspecified atom stereocenters. The minimum atomic E-state index is -0.231. The highest BCUT2D eigenvalue weighted by atomic mass is 79.9. The molecule has 0 aromatic heterocycles. The zero-order valence-corrected chi connectivity index (χ0v) is 13.1. The summed E-state index contributed by atoms with van der Waals surface area (Å²) in [5.74, 6) is -0.0906. The van der Waals surface area contributed by atoms with Crippen molar-refractivity contribution in [2.75, 3.05) is 39.8 Å². The molecule has 0 atom stereocenters. The van der Waals surface area contributed by atoms with Crippen LogP contribution < -0.4 is 5.32 Å². The van der Waals surface area contributed by atoms with Crippen molar-refractivity contribution in [3.05, 3.63) is 34.1 Å². The van der Waals surface area contributed by atoms with Crippen LogP contribution in [-0.2, 0) is 11.3 Å². The number of carbonyl (C=O) groups is 1. The first-order valence-corrected chi connectivity index (χ1v) is 7.48. The first-order chi connectivity index (χ1) is 9.60. The molecule has 110 valence electrons. The molecule has 6 heteroatoms. The fourth-order valence-electron chi connectivity index (χ4n) is 2.31. The van der Waals surface area contributed by atoms with Gasteiger partial charge in [-0.25, -0.2) is 4.39 Å². The van der Waals surface area contributed by atoms with Crippen LogP contribution in [0.5, 0.6) is 0 Å². The summed E-state index contributed by atoms with van der Waals surface area (Å²) in [6, 6.07) is 5.21. The molecule has 0 saturated carbocycles. The Bertz CT molecular complexity index is 475. The van der Waals surface area contributed by atoms with Crippen LogP contribution in [0, 0.1) is 5.82 Å². The van der Waals surface area contributed by atoms with E-state index in [4.69, 9.17) is 0 Å². The van der Waals surface area contributed by atoms with Gasteiger partial charge in [0.05, 0.1) is 11.0 Å². The van der Waals surface area contributed by atoms with E-state index in [1.165, 1.54) is 0 Å². The van der Waals surface area contributed by atoms with Gasteiger partial charge in [0.2, 0.25) is 5.91 Å². The van der Waals surface area contributed by atoms with Gasteiger partial charge in [0.25, 0.3) is 0 Å². The van der Waals surface area contributed by atoms with Gasteiger partial charge >= 0.3 is 0 Å². The van der Waals surface area contributed by atoms with E-state index in [1.807, 2.05) is 11.0 Å². The number of nitrogens with zero attached hydrogens (tertiary/aromatic N) is 2. The van der Waals surface area contributed by atoms with E-state index in [2.05, 4.69) is 26.1 Å². The molecule has 1 fully saturated rings. The number of halogens is 2. The Balaban J connectivity index is 1.85. The summed E-state index contributed by atoms with van der Waals surface area (Å²) in [6.07, 6.45) is 0. The minimum absolute atomic E-state index is 0.141. The minimum Gasteiger partial charge on any atom is -0.339 e. The van der Waals surface area contributed by atoms with Crippen LogP contribution in [0.4, 0.5) is 4.39 Å². The monoisotopic (exact) mass is 343 g/mol. The van der Waals surface area contributed by atoms with Crippen LogP contribution in [0.1, 0.15) is 5.56 Å². The molecule has 0 spiro atoms. The average molecular weight is 344 g/mol. The number of rotatable bonds is 4. The summed E-state index contributed by atoms with van der Waals surface area (Å²) >= 11 is 3.15. The predicted octanol–water partition coefficient (Wildman–Crippen LogP) is 1.45. The molecule has 1 aliphatic rings. The van der Waals surface area contributed by atoms with Crippen LogP contribution in [0.25, 0.3) is 0 Å². The Kier molecular flexibility index (Phi) is 5.51. The number of nitrogens with one attached hydrogen (secondary N) is 1. The molecule has 1 N–H and O–H groups in total. The van der Waals surface area contributed by atoms with Crippen LogP contribution >= 0.6 is 15.9 Å². The van der Waals surface area contributed by atoms with E-state index >= 15 is 0 Å². The van der Waals surface area contributed by atoms with Crippen molar-refractivity contribution in [1.29, 1.82) is 0 Å². The number of hydrogen-bond acceptors (Lipinski definition) is 3. The fourth-order valence-corrected chi connectivity index (χ4v) is 2.56. The molecule has 20 heavy (non-hydrogen) atoms. The lowest BCUT2D eigenvalue weighted by molar-refractivity contribution is -0.131. The van der Waals surface area contributed by atoms with Gasteiger partial charge < -0.3 is 10.2 Å². The molecule has 1 aliphatic heterocycles. The van der Waals surface area contributed by atoms with Crippen LogP contribution in [0.3, 0.4) is 0 Å². The molecule has 0 bridgehead atoms. The normalized spacial score (nSPS) is 16.4. The Hall–Kier alpha value is -0.980. The number of carbonyl (C=O) groups excluding carboxylic acids is 1. The molecule has 1 heterocycles. The highest BCUT2D eigenvalue weighted by molar-refractivity contribution is 9.10. The van der Waals surface area contributed by atoms with E-state index in [1.54, 1.807) is 19.2 Å². The van der Waals surface area contributed by atoms with Gasteiger partial charge in [-0.3, -0.25) is 9.69 Å². The zero-order chi connectivity index (χ0) is 14.5. The van der Waals surface area contributed by atoms with Crippen molar-refractivity contribution in [2.45, 2.75) is 6.54 Å². The summed E-state index contributed by atoms with van der Waals surface area (Å²) in [5, 5.41) is 2.88. The van der Waals surface area contributed by atoms with E-state index in [0.29, 0.717) is 11.0 Å². The fraction of sp³-hybridized carbons (Fsp3) is 0.500. The van der Waals surface area contributed by atoms with Crippen LogP contribution in [-0.4, -0.2) is 55.5 Å². The zero-order valence-electron chi connectivity index (χ0n) is 11.5. The highest BCUT2D eigenvalue weighted by Crippen LogP contribution is 2.18. The van der Waals surface area contributed by atoms with Crippen molar-refractivity contribution in [3.63, 3.8) is 0 Å². The molecular formula is C14H19BrFN3O. The maximum atomic E-state index is 13.5. The maximum Gasteiger partial charge on any atom is 0.236 e. The molecule has 0 aliphatic carbocycles. The maximum absolute atomic E-state index is 13.5. The van der Waals surface area contributed by atoms with Crippen molar-refractivity contribution in [1.82, 2.24) is 15.1 Å². The SMILES string of the molecule is CNCC(=O)N1CCN(Cc2ccc(Br)c(F)c2)CC1. The molecule has 4 nitrogen and oxygen atoms in total. The van der Waals surface area contributed by atoms with Crippen molar-refractivity contribution < 1.29 is 9.18 Å². The summed E-state index contributed by atoms with van der Waals surface area (Å²) in [7, 11) is 1.77. The standard InChI is InChI=1S/C14H19BrFN3O/c1-17-9-14(20)19-6-4-18(5-7-19)10-11-2-3-12(15)13(16)8-11/h2-3,8,17H,4-7,9-10H2,1H3. The smallest absolute Gasteiger partial charge is 0.236 e. The van der Waals surface area contributed by atoms with Crippen LogP contribution in [0.15, 0.2) is 22.7 Å². The van der Waals surface area contributed by atoms with Gasteiger partial charge in [-0.1, -0.05) is 6.07 Å². The Morgan fingerprint density at radius 1 is 1.35 bits per heavy atom. The lowest BCUT2D eigenvalue weighted by atomic mass is 10.2. The lowest BCUT2D eigenvalue weighted by Gasteiger charge is -2.34. The summed E-state index contributed by atoms with van der Waals surface area (Å²) in [5.41, 5.74) is 0.959. The topological polar surface area (TPSA) is 35.6 Å². The largest absolute Gasteiger partial charge is 0.339 e. The summed E-state index contributed by atoms with van der Waals surface area (Å²) in [6.45, 7) is 4.23. The number of hydrogen-bond donors (Lipinski definition) is 1. The number of amides is 1. The highest BCUT2D eigenvalue weighted by Gasteiger charge is 2.20. The Morgan fingerprint density at radius 2 is 2.05 bits per heavy atom. The average Bonchev–Trinajstić information content (AvgIpc) is 2.44.